The van der Waals surface area contributed by atoms with Crippen LogP contribution in [0.5, 0.6) is 0 Å². The molecule has 0 aliphatic rings. The lowest BCUT2D eigenvalue weighted by molar-refractivity contribution is 0.253. The van der Waals surface area contributed by atoms with Gasteiger partial charge in [-0.15, -0.1) is 4.41 Å². The average Bonchev–Trinajstić information content (AvgIpc) is 2.37. The van der Waals surface area contributed by atoms with E-state index in [0.717, 1.165) is 11.0 Å². The molecule has 0 radical (unpaired) electrons. The number of aromatic nitrogens is 2. The Morgan fingerprint density at radius 3 is 2.58 bits per heavy atom. The van der Waals surface area contributed by atoms with Crippen molar-refractivity contribution in [3.8, 4) is 0 Å². The fraction of sp³-hybridized carbons (Fsp3) is 0. The zero-order valence-corrected chi connectivity index (χ0v) is 6.72. The Hall–Kier alpha value is -1.57. The Morgan fingerprint density at radius 2 is 2.25 bits per heavy atom. The first-order valence-electron chi connectivity index (χ1n) is 2.85. The SMILES string of the molecule is NC(=O)N(n1ccnc1)[SH](=O)=O. The molecule has 0 spiro atoms. The third kappa shape index (κ3) is 1.53. The predicted octanol–water partition coefficient (Wildman–Crippen LogP) is -1.57. The molecule has 12 heavy (non-hydrogen) atoms. The first-order valence-corrected chi connectivity index (χ1v) is 3.98. The highest BCUT2D eigenvalue weighted by Crippen LogP contribution is 1.89. The number of nitrogens with zero attached hydrogens (tertiary/aromatic N) is 3. The molecule has 0 aliphatic carbocycles. The summed E-state index contributed by atoms with van der Waals surface area (Å²) in [6.45, 7) is 0. The van der Waals surface area contributed by atoms with Crippen LogP contribution in [0.2, 0.25) is 0 Å². The molecule has 8 heteroatoms. The monoisotopic (exact) mass is 190 g/mol. The molecule has 2 N–H and O–H groups in total. The van der Waals surface area contributed by atoms with Gasteiger partial charge in [0, 0.05) is 12.4 Å². The Kier molecular flexibility index (Phi) is 2.29. The van der Waals surface area contributed by atoms with E-state index in [-0.39, 0.29) is 0 Å². The molecule has 0 saturated heterocycles. The fourth-order valence-electron chi connectivity index (χ4n) is 0.643. The standard InChI is InChI=1S/C4H6N4O3S/c5-4(9)8(12(10)11)7-2-1-6-3-7/h1-3,12H,(H2,5,9). The van der Waals surface area contributed by atoms with Crippen molar-refractivity contribution in [2.24, 2.45) is 5.73 Å². The second-order valence-electron chi connectivity index (χ2n) is 1.81. The summed E-state index contributed by atoms with van der Waals surface area (Å²) in [4.78, 5) is 14.1. The number of thiol groups is 1. The van der Waals surface area contributed by atoms with Crippen LogP contribution in [-0.4, -0.2) is 24.1 Å². The number of rotatable bonds is 2. The highest BCUT2D eigenvalue weighted by molar-refractivity contribution is 7.74. The quantitative estimate of drug-likeness (QED) is 0.550. The van der Waals surface area contributed by atoms with E-state index in [2.05, 4.69) is 4.98 Å². The molecule has 0 fully saturated rings. The Bertz CT molecular complexity index is 335. The minimum Gasteiger partial charge on any atom is -0.349 e. The lowest BCUT2D eigenvalue weighted by atomic mass is 10.9. The summed E-state index contributed by atoms with van der Waals surface area (Å²) in [7, 11) is -3.07. The smallest absolute Gasteiger partial charge is 0.348 e. The van der Waals surface area contributed by atoms with Crippen LogP contribution < -0.4 is 10.1 Å². The van der Waals surface area contributed by atoms with Crippen molar-refractivity contribution in [3.63, 3.8) is 0 Å². The van der Waals surface area contributed by atoms with Crippen LogP contribution in [0.25, 0.3) is 0 Å². The topological polar surface area (TPSA) is 98.3 Å². The third-order valence-corrected chi connectivity index (χ3v) is 1.77. The summed E-state index contributed by atoms with van der Waals surface area (Å²) in [6, 6.07) is -1.08. The largest absolute Gasteiger partial charge is 0.349 e. The number of urea groups is 1. The van der Waals surface area contributed by atoms with Gasteiger partial charge in [-0.2, -0.15) is 0 Å². The number of carbonyl (C=O) groups is 1. The van der Waals surface area contributed by atoms with Crippen molar-refractivity contribution in [1.82, 2.24) is 9.66 Å². The number of hydrogen-bond donors (Lipinski definition) is 2. The van der Waals surface area contributed by atoms with E-state index in [1.54, 1.807) is 0 Å². The summed E-state index contributed by atoms with van der Waals surface area (Å²) >= 11 is 0. The second kappa shape index (κ2) is 3.22. The summed E-state index contributed by atoms with van der Waals surface area (Å²) in [5.41, 5.74) is 4.78. The van der Waals surface area contributed by atoms with E-state index in [9.17, 15) is 13.2 Å². The van der Waals surface area contributed by atoms with Gasteiger partial charge >= 0.3 is 6.03 Å². The van der Waals surface area contributed by atoms with Gasteiger partial charge in [-0.3, -0.25) is 0 Å². The third-order valence-electron chi connectivity index (χ3n) is 1.06. The van der Waals surface area contributed by atoms with E-state index in [1.165, 1.54) is 12.4 Å². The summed E-state index contributed by atoms with van der Waals surface area (Å²) < 4.78 is 22.2. The van der Waals surface area contributed by atoms with Gasteiger partial charge in [-0.25, -0.2) is 22.9 Å². The van der Waals surface area contributed by atoms with Crippen LogP contribution in [0, 0.1) is 0 Å². The van der Waals surface area contributed by atoms with Crippen molar-refractivity contribution in [2.75, 3.05) is 4.41 Å². The van der Waals surface area contributed by atoms with Crippen molar-refractivity contribution in [3.05, 3.63) is 18.7 Å². The Morgan fingerprint density at radius 1 is 1.58 bits per heavy atom. The summed E-state index contributed by atoms with van der Waals surface area (Å²) in [6.07, 6.45) is 3.76. The first kappa shape index (κ1) is 8.53. The maximum absolute atomic E-state index is 10.6. The Balaban J connectivity index is 3.04. The van der Waals surface area contributed by atoms with Crippen LogP contribution in [0.15, 0.2) is 18.7 Å². The number of carbonyl (C=O) groups excluding carboxylic acids is 1. The molecule has 1 heterocycles. The molecule has 0 aromatic carbocycles. The average molecular weight is 190 g/mol. The van der Waals surface area contributed by atoms with Gasteiger partial charge in [0.25, 0.3) is 0 Å². The Labute approximate surface area is 69.5 Å². The van der Waals surface area contributed by atoms with Gasteiger partial charge in [-0.1, -0.05) is 0 Å². The van der Waals surface area contributed by atoms with Crippen LogP contribution in [0.4, 0.5) is 4.79 Å². The van der Waals surface area contributed by atoms with Gasteiger partial charge in [-0.05, 0) is 0 Å². The molecule has 0 aliphatic heterocycles. The first-order chi connectivity index (χ1) is 5.63. The fourth-order valence-corrected chi connectivity index (χ4v) is 1.08. The molecule has 0 atom stereocenters. The zero-order valence-electron chi connectivity index (χ0n) is 5.82. The maximum Gasteiger partial charge on any atom is 0.348 e. The number of nitrogens with two attached hydrogens (primary N) is 1. The van der Waals surface area contributed by atoms with Crippen LogP contribution in [0.3, 0.4) is 0 Å². The number of amides is 2. The minimum absolute atomic E-state index is 0.363. The molecular formula is C4H6N4O3S. The van der Waals surface area contributed by atoms with E-state index < -0.39 is 16.9 Å². The second-order valence-corrected chi connectivity index (χ2v) is 2.66. The number of hydrogen-bond acceptors (Lipinski definition) is 4. The van der Waals surface area contributed by atoms with E-state index in [4.69, 9.17) is 5.73 Å². The number of primary amides is 1. The lowest BCUT2D eigenvalue weighted by Gasteiger charge is -2.11. The van der Waals surface area contributed by atoms with Crippen LogP contribution in [-0.2, 0) is 10.9 Å². The zero-order chi connectivity index (χ0) is 9.14. The molecule has 1 aromatic heterocycles. The van der Waals surface area contributed by atoms with E-state index in [1.807, 2.05) is 0 Å². The molecule has 0 unspecified atom stereocenters. The van der Waals surface area contributed by atoms with Gasteiger partial charge in [0.15, 0.2) is 0 Å². The highest BCUT2D eigenvalue weighted by atomic mass is 32.2. The molecular weight excluding hydrogens is 184 g/mol. The van der Waals surface area contributed by atoms with Crippen LogP contribution >= 0.6 is 0 Å². The molecule has 1 aromatic rings. The molecule has 7 nitrogen and oxygen atoms in total. The lowest BCUT2D eigenvalue weighted by Crippen LogP contribution is -2.42. The van der Waals surface area contributed by atoms with Crippen molar-refractivity contribution in [1.29, 1.82) is 0 Å². The van der Waals surface area contributed by atoms with Crippen molar-refractivity contribution in [2.45, 2.75) is 0 Å². The summed E-state index contributed by atoms with van der Waals surface area (Å²) in [5, 5.41) is 0. The van der Waals surface area contributed by atoms with Gasteiger partial charge in [0.2, 0.25) is 10.9 Å². The van der Waals surface area contributed by atoms with Gasteiger partial charge < -0.3 is 5.73 Å². The molecule has 66 valence electrons. The summed E-state index contributed by atoms with van der Waals surface area (Å²) in [5.74, 6) is 0. The molecule has 0 bridgehead atoms. The highest BCUT2D eigenvalue weighted by Gasteiger charge is 2.12. The molecule has 2 amide bonds. The van der Waals surface area contributed by atoms with Gasteiger partial charge in [0.1, 0.15) is 6.33 Å². The number of imidazole rings is 1. The molecule has 0 saturated carbocycles. The van der Waals surface area contributed by atoms with Crippen molar-refractivity contribution < 1.29 is 13.2 Å². The maximum atomic E-state index is 10.6. The van der Waals surface area contributed by atoms with Crippen molar-refractivity contribution >= 4 is 16.9 Å². The van der Waals surface area contributed by atoms with E-state index in [0.29, 0.717) is 4.41 Å². The van der Waals surface area contributed by atoms with Gasteiger partial charge in [0.05, 0.1) is 0 Å². The molecule has 1 rings (SSSR count). The normalized spacial score (nSPS) is 10.1. The predicted molar refractivity (Wildman–Crippen MR) is 40.3 cm³/mol. The minimum atomic E-state index is -3.07. The van der Waals surface area contributed by atoms with E-state index >= 15 is 0 Å². The van der Waals surface area contributed by atoms with Crippen LogP contribution in [0.1, 0.15) is 0 Å².